The second kappa shape index (κ2) is 6.82. The summed E-state index contributed by atoms with van der Waals surface area (Å²) in [5, 5.41) is 11.6. The lowest BCUT2D eigenvalue weighted by Crippen LogP contribution is -2.35. The van der Waals surface area contributed by atoms with Crippen LogP contribution in [-0.2, 0) is 4.79 Å². The highest BCUT2D eigenvalue weighted by molar-refractivity contribution is 5.76. The van der Waals surface area contributed by atoms with Gasteiger partial charge < -0.3 is 10.4 Å². The van der Waals surface area contributed by atoms with E-state index in [9.17, 15) is 4.79 Å². The van der Waals surface area contributed by atoms with Gasteiger partial charge in [-0.05, 0) is 25.7 Å². The van der Waals surface area contributed by atoms with Crippen LogP contribution in [0.15, 0.2) is 0 Å². The predicted octanol–water partition coefficient (Wildman–Crippen LogP) is 1.60. The second-order valence-corrected chi connectivity index (χ2v) is 4.08. The van der Waals surface area contributed by atoms with E-state index in [4.69, 9.17) is 5.11 Å². The number of unbranched alkanes of at least 4 members (excludes halogenated alkanes) is 1. The summed E-state index contributed by atoms with van der Waals surface area (Å²) in [5.74, 6) is 0.158. The summed E-state index contributed by atoms with van der Waals surface area (Å²) < 4.78 is 0. The monoisotopic (exact) mass is 199 g/mol. The minimum atomic E-state index is 0.158. The molecule has 2 N–H and O–H groups in total. The molecule has 0 unspecified atom stereocenters. The van der Waals surface area contributed by atoms with Crippen LogP contribution in [0.1, 0.15) is 51.4 Å². The summed E-state index contributed by atoms with van der Waals surface area (Å²) >= 11 is 0. The largest absolute Gasteiger partial charge is 0.396 e. The van der Waals surface area contributed by atoms with Crippen LogP contribution >= 0.6 is 0 Å². The molecule has 14 heavy (non-hydrogen) atoms. The first-order valence-electron chi connectivity index (χ1n) is 5.73. The average molecular weight is 199 g/mol. The van der Waals surface area contributed by atoms with Gasteiger partial charge in [0.2, 0.25) is 5.91 Å². The van der Waals surface area contributed by atoms with E-state index < -0.39 is 0 Å². The Morgan fingerprint density at radius 1 is 1.21 bits per heavy atom. The summed E-state index contributed by atoms with van der Waals surface area (Å²) in [6, 6.07) is 0.422. The lowest BCUT2D eigenvalue weighted by Gasteiger charge is -2.22. The number of rotatable bonds is 5. The fraction of sp³-hybridized carbons (Fsp3) is 0.909. The van der Waals surface area contributed by atoms with Crippen molar-refractivity contribution in [3.05, 3.63) is 0 Å². The Morgan fingerprint density at radius 3 is 2.57 bits per heavy atom. The molecule has 3 nitrogen and oxygen atoms in total. The topological polar surface area (TPSA) is 49.3 Å². The SMILES string of the molecule is O=C(CCCCO)NC1CCCCC1. The minimum Gasteiger partial charge on any atom is -0.396 e. The molecule has 0 aromatic carbocycles. The first-order chi connectivity index (χ1) is 6.83. The quantitative estimate of drug-likeness (QED) is 0.661. The van der Waals surface area contributed by atoms with Crippen molar-refractivity contribution in [1.29, 1.82) is 0 Å². The molecule has 0 atom stereocenters. The molecule has 0 aliphatic heterocycles. The Kier molecular flexibility index (Phi) is 5.60. The van der Waals surface area contributed by atoms with Crippen molar-refractivity contribution in [3.8, 4) is 0 Å². The molecule has 1 amide bonds. The van der Waals surface area contributed by atoms with Crippen LogP contribution in [-0.4, -0.2) is 23.7 Å². The van der Waals surface area contributed by atoms with E-state index in [1.54, 1.807) is 0 Å². The van der Waals surface area contributed by atoms with Crippen molar-refractivity contribution in [1.82, 2.24) is 5.32 Å². The molecular formula is C11H21NO2. The van der Waals surface area contributed by atoms with Gasteiger partial charge in [0.05, 0.1) is 0 Å². The lowest BCUT2D eigenvalue weighted by molar-refractivity contribution is -0.122. The summed E-state index contributed by atoms with van der Waals surface area (Å²) in [5.41, 5.74) is 0. The van der Waals surface area contributed by atoms with Gasteiger partial charge in [-0.15, -0.1) is 0 Å². The third-order valence-electron chi connectivity index (χ3n) is 2.78. The molecule has 82 valence electrons. The van der Waals surface area contributed by atoms with Crippen LogP contribution in [0.2, 0.25) is 0 Å². The van der Waals surface area contributed by atoms with Crippen molar-refractivity contribution in [3.63, 3.8) is 0 Å². The van der Waals surface area contributed by atoms with Crippen molar-refractivity contribution >= 4 is 5.91 Å². The van der Waals surface area contributed by atoms with Gasteiger partial charge in [-0.3, -0.25) is 4.79 Å². The summed E-state index contributed by atoms with van der Waals surface area (Å²) in [6.07, 6.45) is 8.21. The van der Waals surface area contributed by atoms with E-state index in [-0.39, 0.29) is 12.5 Å². The number of aliphatic hydroxyl groups excluding tert-OH is 1. The molecule has 0 saturated heterocycles. The van der Waals surface area contributed by atoms with Gasteiger partial charge in [-0.1, -0.05) is 19.3 Å². The van der Waals surface area contributed by atoms with Gasteiger partial charge in [0.25, 0.3) is 0 Å². The number of aliphatic hydroxyl groups is 1. The smallest absolute Gasteiger partial charge is 0.220 e. The van der Waals surface area contributed by atoms with Gasteiger partial charge in [-0.25, -0.2) is 0 Å². The van der Waals surface area contributed by atoms with Gasteiger partial charge >= 0.3 is 0 Å². The third-order valence-corrected chi connectivity index (χ3v) is 2.78. The van der Waals surface area contributed by atoms with Gasteiger partial charge in [-0.2, -0.15) is 0 Å². The number of carbonyl (C=O) groups excluding carboxylic acids is 1. The fourth-order valence-electron chi connectivity index (χ4n) is 1.94. The lowest BCUT2D eigenvalue weighted by atomic mass is 9.95. The van der Waals surface area contributed by atoms with E-state index in [0.29, 0.717) is 12.5 Å². The van der Waals surface area contributed by atoms with Gasteiger partial charge in [0.1, 0.15) is 0 Å². The molecule has 3 heteroatoms. The zero-order valence-corrected chi connectivity index (χ0v) is 8.80. The molecular weight excluding hydrogens is 178 g/mol. The van der Waals surface area contributed by atoms with Crippen molar-refractivity contribution in [2.45, 2.75) is 57.4 Å². The summed E-state index contributed by atoms with van der Waals surface area (Å²) in [6.45, 7) is 0.191. The van der Waals surface area contributed by atoms with Crippen LogP contribution in [0.5, 0.6) is 0 Å². The molecule has 1 aliphatic carbocycles. The van der Waals surface area contributed by atoms with Gasteiger partial charge in [0.15, 0.2) is 0 Å². The second-order valence-electron chi connectivity index (χ2n) is 4.08. The Labute approximate surface area is 85.9 Å². The summed E-state index contributed by atoms with van der Waals surface area (Å²) in [7, 11) is 0. The molecule has 0 spiro atoms. The summed E-state index contributed by atoms with van der Waals surface area (Å²) in [4.78, 5) is 11.4. The maximum atomic E-state index is 11.4. The highest BCUT2D eigenvalue weighted by Gasteiger charge is 2.14. The highest BCUT2D eigenvalue weighted by atomic mass is 16.2. The molecule has 1 fully saturated rings. The molecule has 0 radical (unpaired) electrons. The highest BCUT2D eigenvalue weighted by Crippen LogP contribution is 2.17. The number of amides is 1. The zero-order valence-electron chi connectivity index (χ0n) is 8.80. The first kappa shape index (κ1) is 11.5. The Bertz CT molecular complexity index is 165. The van der Waals surface area contributed by atoms with Crippen molar-refractivity contribution in [2.75, 3.05) is 6.61 Å². The Balaban J connectivity index is 2.06. The van der Waals surface area contributed by atoms with Crippen LogP contribution in [0.4, 0.5) is 0 Å². The van der Waals surface area contributed by atoms with Crippen LogP contribution in [0, 0.1) is 0 Å². The predicted molar refractivity (Wildman–Crippen MR) is 56.0 cm³/mol. The molecule has 0 aromatic heterocycles. The number of hydrogen-bond donors (Lipinski definition) is 2. The third kappa shape index (κ3) is 4.61. The van der Waals surface area contributed by atoms with E-state index in [0.717, 1.165) is 25.7 Å². The Hall–Kier alpha value is -0.570. The van der Waals surface area contributed by atoms with Crippen LogP contribution in [0.3, 0.4) is 0 Å². The normalized spacial score (nSPS) is 18.1. The average Bonchev–Trinajstić information content (AvgIpc) is 2.20. The first-order valence-corrected chi connectivity index (χ1v) is 5.73. The van der Waals surface area contributed by atoms with E-state index in [2.05, 4.69) is 5.32 Å². The zero-order chi connectivity index (χ0) is 10.2. The van der Waals surface area contributed by atoms with E-state index in [1.165, 1.54) is 19.3 Å². The molecule has 0 aromatic rings. The number of hydrogen-bond acceptors (Lipinski definition) is 2. The fourth-order valence-corrected chi connectivity index (χ4v) is 1.94. The number of carbonyl (C=O) groups is 1. The number of nitrogens with one attached hydrogen (secondary N) is 1. The van der Waals surface area contributed by atoms with Crippen LogP contribution in [0.25, 0.3) is 0 Å². The minimum absolute atomic E-state index is 0.158. The molecule has 1 rings (SSSR count). The van der Waals surface area contributed by atoms with E-state index in [1.807, 2.05) is 0 Å². The van der Waals surface area contributed by atoms with Gasteiger partial charge in [0, 0.05) is 19.1 Å². The standard InChI is InChI=1S/C11H21NO2/c13-9-5-4-8-11(14)12-10-6-2-1-3-7-10/h10,13H,1-9H2,(H,12,14). The Morgan fingerprint density at radius 2 is 1.93 bits per heavy atom. The van der Waals surface area contributed by atoms with E-state index >= 15 is 0 Å². The molecule has 0 bridgehead atoms. The molecule has 1 saturated carbocycles. The maximum absolute atomic E-state index is 11.4. The molecule has 0 heterocycles. The van der Waals surface area contributed by atoms with Crippen LogP contribution < -0.4 is 5.32 Å². The maximum Gasteiger partial charge on any atom is 0.220 e. The molecule has 1 aliphatic rings. The van der Waals surface area contributed by atoms with Crippen molar-refractivity contribution in [2.24, 2.45) is 0 Å². The van der Waals surface area contributed by atoms with Crippen molar-refractivity contribution < 1.29 is 9.90 Å².